The van der Waals surface area contributed by atoms with E-state index < -0.39 is 18.0 Å². The number of nitrogen functional groups attached to an aromatic ring is 1. The Morgan fingerprint density at radius 2 is 2.17 bits per heavy atom. The first kappa shape index (κ1) is 15.9. The van der Waals surface area contributed by atoms with Crippen LogP contribution in [0.1, 0.15) is 20.3 Å². The number of rotatable bonds is 5. The molecule has 0 saturated heterocycles. The number of carbonyl (C=O) groups is 2. The molecule has 2 N–H and O–H groups in total. The van der Waals surface area contributed by atoms with Crippen molar-refractivity contribution in [1.29, 1.82) is 0 Å². The van der Waals surface area contributed by atoms with Crippen molar-refractivity contribution in [2.75, 3.05) is 12.3 Å². The van der Waals surface area contributed by atoms with Crippen molar-refractivity contribution in [3.05, 3.63) is 18.2 Å². The SMILES string of the molecule is CC(=O)OC[C@H](OC(C)=O)[C@@H]1C/C1=C\n1cnc2c(N)ncnc21. The van der Waals surface area contributed by atoms with Crippen molar-refractivity contribution >= 4 is 35.1 Å². The minimum Gasteiger partial charge on any atom is -0.462 e. The predicted molar refractivity (Wildman–Crippen MR) is 84.3 cm³/mol. The van der Waals surface area contributed by atoms with Gasteiger partial charge in [0.05, 0.1) is 0 Å². The van der Waals surface area contributed by atoms with E-state index in [2.05, 4.69) is 15.0 Å². The molecule has 1 fully saturated rings. The van der Waals surface area contributed by atoms with Crippen LogP contribution in [0, 0.1) is 5.92 Å². The van der Waals surface area contributed by atoms with Crippen molar-refractivity contribution in [3.63, 3.8) is 0 Å². The monoisotopic (exact) mass is 331 g/mol. The molecular weight excluding hydrogens is 314 g/mol. The highest BCUT2D eigenvalue weighted by molar-refractivity contribution is 5.82. The van der Waals surface area contributed by atoms with Crippen LogP contribution in [-0.2, 0) is 19.1 Å². The van der Waals surface area contributed by atoms with E-state index in [1.54, 1.807) is 10.9 Å². The Morgan fingerprint density at radius 3 is 2.88 bits per heavy atom. The molecule has 9 heteroatoms. The minimum absolute atomic E-state index is 0.00452. The van der Waals surface area contributed by atoms with Crippen LogP contribution < -0.4 is 5.73 Å². The summed E-state index contributed by atoms with van der Waals surface area (Å²) in [4.78, 5) is 34.5. The summed E-state index contributed by atoms with van der Waals surface area (Å²) in [6.45, 7) is 2.68. The van der Waals surface area contributed by atoms with Crippen LogP contribution in [0.4, 0.5) is 5.82 Å². The topological polar surface area (TPSA) is 122 Å². The molecule has 1 saturated carbocycles. The first-order valence-corrected chi connectivity index (χ1v) is 7.40. The van der Waals surface area contributed by atoms with Gasteiger partial charge in [0.1, 0.15) is 25.4 Å². The second-order valence-electron chi connectivity index (χ2n) is 5.55. The number of hydrogen-bond donors (Lipinski definition) is 1. The highest BCUT2D eigenvalue weighted by Crippen LogP contribution is 2.42. The summed E-state index contributed by atoms with van der Waals surface area (Å²) in [6, 6.07) is 0. The lowest BCUT2D eigenvalue weighted by molar-refractivity contribution is -0.157. The third-order valence-electron chi connectivity index (χ3n) is 3.68. The van der Waals surface area contributed by atoms with Gasteiger partial charge in [-0.25, -0.2) is 15.0 Å². The molecule has 2 heterocycles. The van der Waals surface area contributed by atoms with Gasteiger partial charge in [-0.1, -0.05) is 0 Å². The summed E-state index contributed by atoms with van der Waals surface area (Å²) in [5, 5.41) is 0. The van der Waals surface area contributed by atoms with Crippen molar-refractivity contribution in [2.45, 2.75) is 26.4 Å². The molecule has 24 heavy (non-hydrogen) atoms. The predicted octanol–water partition coefficient (Wildman–Crippen LogP) is 0.764. The van der Waals surface area contributed by atoms with E-state index in [4.69, 9.17) is 15.2 Å². The zero-order chi connectivity index (χ0) is 17.3. The molecule has 0 amide bonds. The third-order valence-corrected chi connectivity index (χ3v) is 3.68. The van der Waals surface area contributed by atoms with Crippen molar-refractivity contribution in [3.8, 4) is 0 Å². The number of nitrogens with two attached hydrogens (primary N) is 1. The summed E-state index contributed by atoms with van der Waals surface area (Å²) < 4.78 is 12.0. The maximum atomic E-state index is 11.2. The second-order valence-corrected chi connectivity index (χ2v) is 5.55. The van der Waals surface area contributed by atoms with Crippen molar-refractivity contribution in [2.24, 2.45) is 5.92 Å². The first-order chi connectivity index (χ1) is 11.5. The van der Waals surface area contributed by atoms with Crippen LogP contribution in [0.25, 0.3) is 17.4 Å². The van der Waals surface area contributed by atoms with Gasteiger partial charge in [-0.3, -0.25) is 14.2 Å². The number of anilines is 1. The molecule has 2 atom stereocenters. The average Bonchev–Trinajstić information content (AvgIpc) is 3.15. The largest absolute Gasteiger partial charge is 0.462 e. The summed E-state index contributed by atoms with van der Waals surface area (Å²) in [6.07, 6.45) is 5.09. The minimum atomic E-state index is -0.493. The number of imidazole rings is 1. The Morgan fingerprint density at radius 1 is 1.38 bits per heavy atom. The number of ether oxygens (including phenoxy) is 2. The normalized spacial score (nSPS) is 19.2. The molecule has 1 aliphatic carbocycles. The van der Waals surface area contributed by atoms with E-state index >= 15 is 0 Å². The van der Waals surface area contributed by atoms with Crippen LogP contribution in [0.3, 0.4) is 0 Å². The molecule has 0 spiro atoms. The van der Waals surface area contributed by atoms with E-state index in [0.29, 0.717) is 17.0 Å². The standard InChI is InChI=1S/C15H17N5O4/c1-8(21)23-5-12(24-9(2)22)11-3-10(11)4-20-7-19-13-14(16)17-6-18-15(13)20/h4,6-7,11-12H,3,5H2,1-2H3,(H2,16,17,18)/b10-4+/t11-,12+/m1/s1. The first-order valence-electron chi connectivity index (χ1n) is 7.40. The molecule has 0 radical (unpaired) electrons. The number of carbonyl (C=O) groups excluding carboxylic acids is 2. The van der Waals surface area contributed by atoms with Crippen LogP contribution in [0.15, 0.2) is 18.2 Å². The highest BCUT2D eigenvalue weighted by Gasteiger charge is 2.40. The van der Waals surface area contributed by atoms with Gasteiger partial charge in [0.25, 0.3) is 0 Å². The molecule has 2 aromatic rings. The summed E-state index contributed by atoms with van der Waals surface area (Å²) in [7, 11) is 0. The Bertz CT molecular complexity index is 828. The quantitative estimate of drug-likeness (QED) is 0.797. The fourth-order valence-electron chi connectivity index (χ4n) is 2.50. The molecule has 1 aliphatic rings. The van der Waals surface area contributed by atoms with E-state index in [-0.39, 0.29) is 12.5 Å². The smallest absolute Gasteiger partial charge is 0.303 e. The zero-order valence-corrected chi connectivity index (χ0v) is 13.3. The van der Waals surface area contributed by atoms with Crippen molar-refractivity contribution in [1.82, 2.24) is 19.5 Å². The fraction of sp³-hybridized carbons (Fsp3) is 0.400. The van der Waals surface area contributed by atoms with Gasteiger partial charge in [-0.05, 0) is 12.0 Å². The Kier molecular flexibility index (Phi) is 4.15. The summed E-state index contributed by atoms with van der Waals surface area (Å²) in [5.74, 6) is -0.500. The Labute approximate surface area is 137 Å². The molecular formula is C15H17N5O4. The highest BCUT2D eigenvalue weighted by atomic mass is 16.6. The van der Waals surface area contributed by atoms with Gasteiger partial charge >= 0.3 is 11.9 Å². The Hall–Kier alpha value is -2.97. The summed E-state index contributed by atoms with van der Waals surface area (Å²) in [5.41, 5.74) is 7.94. The third kappa shape index (κ3) is 3.34. The van der Waals surface area contributed by atoms with Crippen LogP contribution >= 0.6 is 0 Å². The van der Waals surface area contributed by atoms with Gasteiger partial charge in [0.2, 0.25) is 0 Å². The molecule has 0 bridgehead atoms. The fourth-order valence-corrected chi connectivity index (χ4v) is 2.50. The molecule has 126 valence electrons. The van der Waals surface area contributed by atoms with Gasteiger partial charge in [0.15, 0.2) is 17.0 Å². The zero-order valence-electron chi connectivity index (χ0n) is 13.3. The maximum Gasteiger partial charge on any atom is 0.303 e. The van der Waals surface area contributed by atoms with Gasteiger partial charge in [0, 0.05) is 26.0 Å². The second kappa shape index (κ2) is 6.26. The van der Waals surface area contributed by atoms with Gasteiger partial charge < -0.3 is 15.2 Å². The van der Waals surface area contributed by atoms with E-state index in [9.17, 15) is 9.59 Å². The average molecular weight is 331 g/mol. The molecule has 0 aromatic carbocycles. The summed E-state index contributed by atoms with van der Waals surface area (Å²) >= 11 is 0. The Balaban J connectivity index is 1.78. The van der Waals surface area contributed by atoms with Crippen LogP contribution in [-0.4, -0.2) is 44.2 Å². The van der Waals surface area contributed by atoms with E-state index in [1.165, 1.54) is 20.2 Å². The number of hydrogen-bond acceptors (Lipinski definition) is 8. The van der Waals surface area contributed by atoms with Gasteiger partial charge in [-0.15, -0.1) is 0 Å². The van der Waals surface area contributed by atoms with E-state index in [1.807, 2.05) is 6.20 Å². The molecule has 0 aliphatic heterocycles. The van der Waals surface area contributed by atoms with Crippen LogP contribution in [0.5, 0.6) is 0 Å². The maximum absolute atomic E-state index is 11.2. The van der Waals surface area contributed by atoms with Crippen LogP contribution in [0.2, 0.25) is 0 Å². The number of fused-ring (bicyclic) bond motifs is 1. The lowest BCUT2D eigenvalue weighted by Crippen LogP contribution is -2.25. The van der Waals surface area contributed by atoms with Crippen molar-refractivity contribution < 1.29 is 19.1 Å². The molecule has 9 nitrogen and oxygen atoms in total. The number of aromatic nitrogens is 4. The lowest BCUT2D eigenvalue weighted by atomic mass is 10.2. The van der Waals surface area contributed by atoms with Gasteiger partial charge in [-0.2, -0.15) is 0 Å². The lowest BCUT2D eigenvalue weighted by Gasteiger charge is -2.15. The number of nitrogens with zero attached hydrogens (tertiary/aromatic N) is 4. The molecule has 0 unspecified atom stereocenters. The van der Waals surface area contributed by atoms with E-state index in [0.717, 1.165) is 12.0 Å². The molecule has 3 rings (SSSR count). The molecule has 2 aromatic heterocycles. The number of esters is 2.